The van der Waals surface area contributed by atoms with Gasteiger partial charge in [0.05, 0.1) is 16.7 Å². The van der Waals surface area contributed by atoms with Crippen molar-refractivity contribution in [2.45, 2.75) is 32.3 Å². The predicted molar refractivity (Wildman–Crippen MR) is 93.5 cm³/mol. The molecule has 1 aromatic carbocycles. The quantitative estimate of drug-likeness (QED) is 0.342. The van der Waals surface area contributed by atoms with Gasteiger partial charge in [-0.15, -0.1) is 0 Å². The molecule has 0 aliphatic carbocycles. The Morgan fingerprint density at radius 3 is 2.52 bits per heavy atom. The van der Waals surface area contributed by atoms with Crippen LogP contribution in [0.2, 0.25) is 0 Å². The molecule has 25 heavy (non-hydrogen) atoms. The molecule has 0 saturated carbocycles. The molecule has 0 fully saturated rings. The molecule has 8 heteroatoms. The van der Waals surface area contributed by atoms with E-state index in [1.165, 1.54) is 12.3 Å². The number of anilines is 2. The first-order valence-corrected chi connectivity index (χ1v) is 7.75. The highest BCUT2D eigenvalue weighted by Gasteiger charge is 2.22. The fraction of sp³-hybridized carbons (Fsp3) is 0.294. The number of carbonyl (C=O) groups excluding carboxylic acids is 1. The number of nitrogens with zero attached hydrogens (tertiary/aromatic N) is 3. The van der Waals surface area contributed by atoms with Gasteiger partial charge in [0.1, 0.15) is 6.29 Å². The highest BCUT2D eigenvalue weighted by Crippen LogP contribution is 2.31. The summed E-state index contributed by atoms with van der Waals surface area (Å²) in [5, 5.41) is 21.9. The van der Waals surface area contributed by atoms with Crippen LogP contribution in [0.3, 0.4) is 0 Å². The first kappa shape index (κ1) is 18.5. The fourth-order valence-corrected chi connectivity index (χ4v) is 2.37. The largest absolute Gasteiger partial charge is 0.393 e. The third-order valence-corrected chi connectivity index (χ3v) is 3.77. The van der Waals surface area contributed by atoms with Gasteiger partial charge in [-0.05, 0) is 36.6 Å². The van der Waals surface area contributed by atoms with Gasteiger partial charge in [0.25, 0.3) is 0 Å². The van der Waals surface area contributed by atoms with E-state index in [4.69, 9.17) is 5.84 Å². The maximum absolute atomic E-state index is 11.4. The molecule has 2 unspecified atom stereocenters. The predicted octanol–water partition coefficient (Wildman–Crippen LogP) is 2.23. The summed E-state index contributed by atoms with van der Waals surface area (Å²) < 4.78 is 0. The van der Waals surface area contributed by atoms with Gasteiger partial charge in [0.2, 0.25) is 5.82 Å². The molecule has 132 valence electrons. The van der Waals surface area contributed by atoms with Crippen LogP contribution >= 0.6 is 0 Å². The van der Waals surface area contributed by atoms with Crippen LogP contribution in [0.5, 0.6) is 0 Å². The van der Waals surface area contributed by atoms with Crippen LogP contribution in [0.25, 0.3) is 0 Å². The number of rotatable bonds is 7. The number of nitro groups is 1. The van der Waals surface area contributed by atoms with Gasteiger partial charge >= 0.3 is 5.69 Å². The normalized spacial score (nSPS) is 13.1. The lowest BCUT2D eigenvalue weighted by Crippen LogP contribution is -2.27. The first-order chi connectivity index (χ1) is 11.8. The lowest BCUT2D eigenvalue weighted by Gasteiger charge is -2.18. The van der Waals surface area contributed by atoms with Crippen LogP contribution in [0.1, 0.15) is 30.9 Å². The minimum Gasteiger partial charge on any atom is -0.393 e. The Balaban J connectivity index is 2.36. The van der Waals surface area contributed by atoms with Crippen LogP contribution < -0.4 is 10.9 Å². The average Bonchev–Trinajstić information content (AvgIpc) is 2.60. The molecule has 1 aromatic heterocycles. The van der Waals surface area contributed by atoms with Crippen LogP contribution in [0.4, 0.5) is 17.2 Å². The molecule has 2 rings (SSSR count). The number of aldehydes is 1. The smallest absolute Gasteiger partial charge is 0.313 e. The van der Waals surface area contributed by atoms with E-state index in [2.05, 4.69) is 4.98 Å². The molecule has 2 aromatic rings. The second-order valence-electron chi connectivity index (χ2n) is 5.88. The standard InChI is InChI=1S/C17H20N4O4/c1-11(10-22)14-8-16(21(24)25)17(19-9-14)20(18)15-5-3-13(4-6-15)7-12(2)23/h3-6,8-12,23H,7,18H2,1-2H3. The molecule has 0 bridgehead atoms. The van der Waals surface area contributed by atoms with E-state index in [1.807, 2.05) is 0 Å². The Labute approximate surface area is 145 Å². The average molecular weight is 344 g/mol. The maximum Gasteiger partial charge on any atom is 0.313 e. The number of aliphatic hydroxyl groups excluding tert-OH is 1. The van der Waals surface area contributed by atoms with Crippen LogP contribution in [-0.2, 0) is 11.2 Å². The van der Waals surface area contributed by atoms with E-state index in [-0.39, 0.29) is 11.5 Å². The fourth-order valence-electron chi connectivity index (χ4n) is 2.37. The number of aromatic nitrogens is 1. The number of carbonyl (C=O) groups is 1. The van der Waals surface area contributed by atoms with Crippen molar-refractivity contribution < 1.29 is 14.8 Å². The highest BCUT2D eigenvalue weighted by molar-refractivity contribution is 5.69. The maximum atomic E-state index is 11.4. The molecule has 0 amide bonds. The Kier molecular flexibility index (Phi) is 5.79. The van der Waals surface area contributed by atoms with Crippen molar-refractivity contribution in [2.24, 2.45) is 5.84 Å². The molecule has 8 nitrogen and oxygen atoms in total. The molecule has 0 saturated heterocycles. The van der Waals surface area contributed by atoms with E-state index < -0.39 is 16.9 Å². The van der Waals surface area contributed by atoms with Gasteiger partial charge in [-0.1, -0.05) is 19.1 Å². The Bertz CT molecular complexity index is 762. The van der Waals surface area contributed by atoms with Crippen molar-refractivity contribution in [3.05, 3.63) is 57.8 Å². The van der Waals surface area contributed by atoms with E-state index in [0.717, 1.165) is 10.6 Å². The Hall–Kier alpha value is -2.84. The molecule has 0 aliphatic rings. The zero-order valence-corrected chi connectivity index (χ0v) is 14.0. The van der Waals surface area contributed by atoms with Crippen molar-refractivity contribution in [2.75, 3.05) is 5.01 Å². The monoisotopic (exact) mass is 344 g/mol. The van der Waals surface area contributed by atoms with Gasteiger partial charge in [-0.3, -0.25) is 15.1 Å². The van der Waals surface area contributed by atoms with Crippen LogP contribution in [0.15, 0.2) is 36.5 Å². The van der Waals surface area contributed by atoms with Crippen LogP contribution in [-0.4, -0.2) is 27.4 Å². The molecule has 3 N–H and O–H groups in total. The summed E-state index contributed by atoms with van der Waals surface area (Å²) in [6.45, 7) is 3.33. The van der Waals surface area contributed by atoms with Crippen molar-refractivity contribution in [3.8, 4) is 0 Å². The van der Waals surface area contributed by atoms with E-state index in [1.54, 1.807) is 38.1 Å². The van der Waals surface area contributed by atoms with Crippen molar-refractivity contribution in [3.63, 3.8) is 0 Å². The highest BCUT2D eigenvalue weighted by atomic mass is 16.6. The third kappa shape index (κ3) is 4.37. The third-order valence-electron chi connectivity index (χ3n) is 3.77. The van der Waals surface area contributed by atoms with Crippen molar-refractivity contribution in [1.29, 1.82) is 0 Å². The number of hydrogen-bond donors (Lipinski definition) is 2. The topological polar surface area (TPSA) is 123 Å². The number of hydrazine groups is 1. The molecule has 0 spiro atoms. The number of nitrogens with two attached hydrogens (primary N) is 1. The van der Waals surface area contributed by atoms with Gasteiger partial charge in [0.15, 0.2) is 0 Å². The van der Waals surface area contributed by atoms with E-state index in [0.29, 0.717) is 24.0 Å². The molecular formula is C17H20N4O4. The first-order valence-electron chi connectivity index (χ1n) is 7.75. The summed E-state index contributed by atoms with van der Waals surface area (Å²) in [4.78, 5) is 25.7. The second-order valence-corrected chi connectivity index (χ2v) is 5.88. The SMILES string of the molecule is CC(O)Cc1ccc(N(N)c2ncc(C(C)C=O)cc2[N+](=O)[O-])cc1. The summed E-state index contributed by atoms with van der Waals surface area (Å²) in [5.74, 6) is 5.50. The molecular weight excluding hydrogens is 324 g/mol. The number of hydrogen-bond acceptors (Lipinski definition) is 7. The Morgan fingerprint density at radius 2 is 2.00 bits per heavy atom. The lowest BCUT2D eigenvalue weighted by molar-refractivity contribution is -0.384. The minimum absolute atomic E-state index is 0.0184. The lowest BCUT2D eigenvalue weighted by atomic mass is 10.0. The summed E-state index contributed by atoms with van der Waals surface area (Å²) in [6.07, 6.45) is 2.14. The van der Waals surface area contributed by atoms with Gasteiger partial charge < -0.3 is 9.90 Å². The minimum atomic E-state index is -0.578. The van der Waals surface area contributed by atoms with Crippen LogP contribution in [0, 0.1) is 10.1 Å². The zero-order chi connectivity index (χ0) is 18.6. The van der Waals surface area contributed by atoms with Crippen molar-refractivity contribution in [1.82, 2.24) is 4.98 Å². The summed E-state index contributed by atoms with van der Waals surface area (Å²) in [7, 11) is 0. The van der Waals surface area contributed by atoms with Crippen molar-refractivity contribution >= 4 is 23.5 Å². The zero-order valence-electron chi connectivity index (χ0n) is 14.0. The summed E-state index contributed by atoms with van der Waals surface area (Å²) >= 11 is 0. The molecule has 2 atom stereocenters. The summed E-state index contributed by atoms with van der Waals surface area (Å²) in [5.41, 5.74) is 1.61. The Morgan fingerprint density at radius 1 is 1.36 bits per heavy atom. The van der Waals surface area contributed by atoms with Gasteiger partial charge in [0, 0.05) is 18.2 Å². The molecule has 0 aliphatic heterocycles. The van der Waals surface area contributed by atoms with Gasteiger partial charge in [-0.25, -0.2) is 10.8 Å². The molecule has 0 radical (unpaired) electrons. The molecule has 1 heterocycles. The van der Waals surface area contributed by atoms with Gasteiger partial charge in [-0.2, -0.15) is 0 Å². The summed E-state index contributed by atoms with van der Waals surface area (Å²) in [6, 6.07) is 8.28. The number of aliphatic hydroxyl groups is 1. The number of pyridine rings is 1. The van der Waals surface area contributed by atoms with E-state index in [9.17, 15) is 20.0 Å². The number of benzene rings is 1. The second kappa shape index (κ2) is 7.82. The van der Waals surface area contributed by atoms with E-state index >= 15 is 0 Å².